The van der Waals surface area contributed by atoms with E-state index in [1.54, 1.807) is 14.0 Å². The smallest absolute Gasteiger partial charge is 0.305 e. The first kappa shape index (κ1) is 16.2. The summed E-state index contributed by atoms with van der Waals surface area (Å²) in [4.78, 5) is 40.5. The Morgan fingerprint density at radius 2 is 2.18 bits per heavy atom. The molecule has 0 aliphatic carbocycles. The van der Waals surface area contributed by atoms with E-state index in [1.807, 2.05) is 0 Å². The van der Waals surface area contributed by atoms with E-state index in [0.29, 0.717) is 33.6 Å². The highest BCUT2D eigenvalue weighted by Crippen LogP contribution is 2.26. The molecule has 1 N–H and O–H groups in total. The third-order valence-electron chi connectivity index (χ3n) is 3.29. The molecule has 0 atom stereocenters. The summed E-state index contributed by atoms with van der Waals surface area (Å²) in [6.07, 6.45) is 2.20. The minimum atomic E-state index is -0.306. The average Bonchev–Trinajstić information content (AvgIpc) is 2.84. The Hall–Kier alpha value is -2.22. The second-order valence-corrected chi connectivity index (χ2v) is 5.83. The summed E-state index contributed by atoms with van der Waals surface area (Å²) in [5, 5.41) is 3.22. The van der Waals surface area contributed by atoms with E-state index in [4.69, 9.17) is 0 Å². The van der Waals surface area contributed by atoms with E-state index in [1.165, 1.54) is 29.3 Å². The molecule has 2 aromatic heterocycles. The normalized spacial score (nSPS) is 10.7. The number of amides is 1. The first-order valence-electron chi connectivity index (χ1n) is 6.75. The van der Waals surface area contributed by atoms with Crippen molar-refractivity contribution in [1.82, 2.24) is 14.9 Å². The van der Waals surface area contributed by atoms with Gasteiger partial charge in [-0.1, -0.05) is 0 Å². The van der Waals surface area contributed by atoms with Crippen molar-refractivity contribution >= 4 is 33.4 Å². The molecular weight excluding hydrogens is 306 g/mol. The molecular formula is C14H17N3O4S. The van der Waals surface area contributed by atoms with Gasteiger partial charge in [-0.15, -0.1) is 11.3 Å². The summed E-state index contributed by atoms with van der Waals surface area (Å²) >= 11 is 1.20. The average molecular weight is 323 g/mol. The fourth-order valence-electron chi connectivity index (χ4n) is 2.04. The second-order valence-electron chi connectivity index (χ2n) is 4.83. The Balaban J connectivity index is 2.12. The van der Waals surface area contributed by atoms with Crippen molar-refractivity contribution in [2.75, 3.05) is 13.7 Å². The van der Waals surface area contributed by atoms with Crippen molar-refractivity contribution in [3.05, 3.63) is 27.1 Å². The van der Waals surface area contributed by atoms with Crippen LogP contribution in [0.5, 0.6) is 0 Å². The van der Waals surface area contributed by atoms with E-state index >= 15 is 0 Å². The number of methoxy groups -OCH3 is 1. The highest BCUT2D eigenvalue weighted by Gasteiger charge is 2.18. The minimum absolute atomic E-state index is 0.163. The number of ether oxygens (including phenoxy) is 1. The Morgan fingerprint density at radius 3 is 2.86 bits per heavy atom. The summed E-state index contributed by atoms with van der Waals surface area (Å²) in [5.74, 6) is -0.563. The van der Waals surface area contributed by atoms with E-state index < -0.39 is 0 Å². The van der Waals surface area contributed by atoms with Gasteiger partial charge < -0.3 is 14.6 Å². The highest BCUT2D eigenvalue weighted by molar-refractivity contribution is 7.20. The third kappa shape index (κ3) is 3.16. The molecule has 0 saturated carbocycles. The van der Waals surface area contributed by atoms with Crippen LogP contribution in [0.2, 0.25) is 0 Å². The molecule has 0 radical (unpaired) electrons. The predicted octanol–water partition coefficient (Wildman–Crippen LogP) is 0.986. The number of rotatable bonds is 5. The number of fused-ring (bicyclic) bond motifs is 1. The fourth-order valence-corrected chi connectivity index (χ4v) is 3.10. The molecule has 118 valence electrons. The quantitative estimate of drug-likeness (QED) is 0.654. The lowest BCUT2D eigenvalue weighted by molar-refractivity contribution is -0.140. The van der Waals surface area contributed by atoms with Gasteiger partial charge in [-0.3, -0.25) is 14.4 Å². The van der Waals surface area contributed by atoms with Crippen molar-refractivity contribution in [2.45, 2.75) is 19.8 Å². The molecule has 0 aliphatic rings. The minimum Gasteiger partial charge on any atom is -0.469 e. The lowest BCUT2D eigenvalue weighted by atomic mass is 10.2. The van der Waals surface area contributed by atoms with E-state index in [0.717, 1.165) is 0 Å². The van der Waals surface area contributed by atoms with Crippen LogP contribution in [0.3, 0.4) is 0 Å². The van der Waals surface area contributed by atoms with Gasteiger partial charge in [-0.2, -0.15) is 0 Å². The number of aryl methyl sites for hydroxylation is 2. The molecule has 0 aromatic carbocycles. The number of hydrogen-bond acceptors (Lipinski definition) is 6. The van der Waals surface area contributed by atoms with Crippen LogP contribution in [0.25, 0.3) is 10.2 Å². The highest BCUT2D eigenvalue weighted by atomic mass is 32.1. The SMILES string of the molecule is COC(=O)CCCNC(=O)c1sc2ncn(C)c(=O)c2c1C. The van der Waals surface area contributed by atoms with Crippen LogP contribution in [0.15, 0.2) is 11.1 Å². The second kappa shape index (κ2) is 6.69. The lowest BCUT2D eigenvalue weighted by Gasteiger charge is -2.03. The van der Waals surface area contributed by atoms with Crippen LogP contribution in [-0.4, -0.2) is 35.1 Å². The van der Waals surface area contributed by atoms with Crippen LogP contribution in [0.4, 0.5) is 0 Å². The van der Waals surface area contributed by atoms with Crippen LogP contribution < -0.4 is 10.9 Å². The molecule has 7 nitrogen and oxygen atoms in total. The molecule has 8 heteroatoms. The van der Waals surface area contributed by atoms with Crippen LogP contribution in [0, 0.1) is 6.92 Å². The summed E-state index contributed by atoms with van der Waals surface area (Å²) in [5.41, 5.74) is 0.475. The third-order valence-corrected chi connectivity index (χ3v) is 4.49. The molecule has 2 aromatic rings. The van der Waals surface area contributed by atoms with Gasteiger partial charge in [-0.05, 0) is 18.9 Å². The monoisotopic (exact) mass is 323 g/mol. The molecule has 2 rings (SSSR count). The van der Waals surface area contributed by atoms with Crippen molar-refractivity contribution in [2.24, 2.45) is 7.05 Å². The standard InChI is InChI=1S/C14H17N3O4S/c1-8-10-13(16-7-17(2)14(10)20)22-11(8)12(19)15-6-4-5-9(18)21-3/h7H,4-6H2,1-3H3,(H,15,19). The zero-order valence-electron chi connectivity index (χ0n) is 12.6. The molecule has 2 heterocycles. The van der Waals surface area contributed by atoms with Crippen molar-refractivity contribution in [3.8, 4) is 0 Å². The summed E-state index contributed by atoms with van der Waals surface area (Å²) in [7, 11) is 2.95. The number of aromatic nitrogens is 2. The molecule has 0 unspecified atom stereocenters. The molecule has 0 spiro atoms. The van der Waals surface area contributed by atoms with E-state index in [-0.39, 0.29) is 23.9 Å². The summed E-state index contributed by atoms with van der Waals surface area (Å²) in [6, 6.07) is 0. The molecule has 0 aliphatic heterocycles. The van der Waals surface area contributed by atoms with E-state index in [9.17, 15) is 14.4 Å². The Labute approximate surface area is 130 Å². The number of carbonyl (C=O) groups is 2. The fraction of sp³-hybridized carbons (Fsp3) is 0.429. The zero-order valence-corrected chi connectivity index (χ0v) is 13.5. The van der Waals surface area contributed by atoms with Crippen LogP contribution in [-0.2, 0) is 16.6 Å². The predicted molar refractivity (Wildman–Crippen MR) is 83.2 cm³/mol. The van der Waals surface area contributed by atoms with Gasteiger partial charge in [0.25, 0.3) is 11.5 Å². The Bertz CT molecular complexity index is 778. The maximum Gasteiger partial charge on any atom is 0.305 e. The molecule has 0 saturated heterocycles. The van der Waals surface area contributed by atoms with Gasteiger partial charge in [-0.25, -0.2) is 4.98 Å². The van der Waals surface area contributed by atoms with Crippen molar-refractivity contribution in [3.63, 3.8) is 0 Å². The van der Waals surface area contributed by atoms with Gasteiger partial charge in [0.15, 0.2) is 0 Å². The van der Waals surface area contributed by atoms with Crippen LogP contribution >= 0.6 is 11.3 Å². The van der Waals surface area contributed by atoms with Gasteiger partial charge >= 0.3 is 5.97 Å². The van der Waals surface area contributed by atoms with Gasteiger partial charge in [0.05, 0.1) is 23.7 Å². The maximum atomic E-state index is 12.2. The maximum absolute atomic E-state index is 12.2. The number of hydrogen-bond donors (Lipinski definition) is 1. The van der Waals surface area contributed by atoms with Crippen molar-refractivity contribution in [1.29, 1.82) is 0 Å². The van der Waals surface area contributed by atoms with Gasteiger partial charge in [0.2, 0.25) is 0 Å². The number of esters is 1. The molecule has 0 bridgehead atoms. The van der Waals surface area contributed by atoms with Gasteiger partial charge in [0.1, 0.15) is 4.83 Å². The number of nitrogens with zero attached hydrogens (tertiary/aromatic N) is 2. The molecule has 1 amide bonds. The number of thiophene rings is 1. The lowest BCUT2D eigenvalue weighted by Crippen LogP contribution is -2.25. The topological polar surface area (TPSA) is 90.3 Å². The number of nitrogens with one attached hydrogen (secondary N) is 1. The van der Waals surface area contributed by atoms with Gasteiger partial charge in [0, 0.05) is 20.0 Å². The molecule has 0 fully saturated rings. The largest absolute Gasteiger partial charge is 0.469 e. The first-order valence-corrected chi connectivity index (χ1v) is 7.57. The Kier molecular flexibility index (Phi) is 4.92. The van der Waals surface area contributed by atoms with Crippen LogP contribution in [0.1, 0.15) is 28.1 Å². The first-order chi connectivity index (χ1) is 10.5. The number of carbonyl (C=O) groups excluding carboxylic acids is 2. The zero-order chi connectivity index (χ0) is 16.3. The summed E-state index contributed by atoms with van der Waals surface area (Å²) in [6.45, 7) is 2.11. The van der Waals surface area contributed by atoms with E-state index in [2.05, 4.69) is 15.0 Å². The molecule has 22 heavy (non-hydrogen) atoms. The summed E-state index contributed by atoms with van der Waals surface area (Å²) < 4.78 is 5.92. The Morgan fingerprint density at radius 1 is 1.45 bits per heavy atom. The van der Waals surface area contributed by atoms with Crippen molar-refractivity contribution < 1.29 is 14.3 Å².